The second kappa shape index (κ2) is 7.62. The van der Waals surface area contributed by atoms with Crippen LogP contribution in [0.25, 0.3) is 0 Å². The van der Waals surface area contributed by atoms with E-state index in [4.69, 9.17) is 4.74 Å². The highest BCUT2D eigenvalue weighted by Gasteiger charge is 2.28. The van der Waals surface area contributed by atoms with Crippen LogP contribution in [-0.2, 0) is 14.3 Å². The highest BCUT2D eigenvalue weighted by molar-refractivity contribution is 6.01. The molecule has 0 atom stereocenters. The van der Waals surface area contributed by atoms with Gasteiger partial charge in [-0.05, 0) is 25.0 Å². The summed E-state index contributed by atoms with van der Waals surface area (Å²) in [5, 5.41) is 2.78. The Labute approximate surface area is 134 Å². The molecule has 1 aromatic carbocycles. The molecular weight excluding hydrogens is 300 g/mol. The third-order valence-electron chi connectivity index (χ3n) is 3.89. The number of nitrogens with one attached hydrogen (secondary N) is 1. The van der Waals surface area contributed by atoms with Crippen LogP contribution in [0.4, 0.5) is 10.5 Å². The number of esters is 1. The van der Waals surface area contributed by atoms with Crippen LogP contribution in [0.5, 0.6) is 0 Å². The topological polar surface area (TPSA) is 84.9 Å². The number of amides is 2. The minimum absolute atomic E-state index is 0.161. The quantitative estimate of drug-likeness (QED) is 0.860. The monoisotopic (exact) mass is 320 g/mol. The fourth-order valence-corrected chi connectivity index (χ4v) is 2.57. The molecular formula is C16H20N2O5. The van der Waals surface area contributed by atoms with E-state index in [0.29, 0.717) is 37.2 Å². The van der Waals surface area contributed by atoms with Gasteiger partial charge in [0.15, 0.2) is 0 Å². The van der Waals surface area contributed by atoms with Crippen molar-refractivity contribution in [3.05, 3.63) is 29.8 Å². The maximum absolute atomic E-state index is 12.4. The standard InChI is InChI=1S/C16H20N2O5/c1-22-15(20)12-5-3-4-6-13(12)17-14(19)11-7-9-18(10-8-11)16(21)23-2/h3-6,11H,7-10H2,1-2H3,(H,17,19). The number of benzene rings is 1. The first-order valence-corrected chi connectivity index (χ1v) is 7.38. The molecule has 1 aliphatic heterocycles. The zero-order valence-electron chi connectivity index (χ0n) is 13.2. The largest absolute Gasteiger partial charge is 0.465 e. The maximum atomic E-state index is 12.4. The third kappa shape index (κ3) is 4.00. The van der Waals surface area contributed by atoms with Gasteiger partial charge in [0.2, 0.25) is 5.91 Å². The minimum atomic E-state index is -0.499. The van der Waals surface area contributed by atoms with Crippen LogP contribution in [0.3, 0.4) is 0 Å². The summed E-state index contributed by atoms with van der Waals surface area (Å²) in [6, 6.07) is 6.70. The van der Waals surface area contributed by atoms with Crippen LogP contribution in [0.2, 0.25) is 0 Å². The number of anilines is 1. The van der Waals surface area contributed by atoms with Gasteiger partial charge in [0.25, 0.3) is 0 Å². The highest BCUT2D eigenvalue weighted by Crippen LogP contribution is 2.22. The summed E-state index contributed by atoms with van der Waals surface area (Å²) >= 11 is 0. The second-order valence-electron chi connectivity index (χ2n) is 5.26. The molecule has 0 unspecified atom stereocenters. The lowest BCUT2D eigenvalue weighted by Gasteiger charge is -2.30. The van der Waals surface area contributed by atoms with Crippen molar-refractivity contribution in [2.45, 2.75) is 12.8 Å². The Morgan fingerprint density at radius 3 is 2.35 bits per heavy atom. The summed E-state index contributed by atoms with van der Waals surface area (Å²) in [5.41, 5.74) is 0.745. The molecule has 0 aromatic heterocycles. The lowest BCUT2D eigenvalue weighted by molar-refractivity contribution is -0.121. The average Bonchev–Trinajstić information content (AvgIpc) is 2.61. The molecule has 1 N–H and O–H groups in total. The van der Waals surface area contributed by atoms with Gasteiger partial charge >= 0.3 is 12.1 Å². The predicted molar refractivity (Wildman–Crippen MR) is 83.1 cm³/mol. The molecule has 23 heavy (non-hydrogen) atoms. The summed E-state index contributed by atoms with van der Waals surface area (Å²) in [6.45, 7) is 0.951. The van der Waals surface area contributed by atoms with Crippen molar-refractivity contribution in [2.75, 3.05) is 32.6 Å². The van der Waals surface area contributed by atoms with Crippen molar-refractivity contribution in [1.82, 2.24) is 4.90 Å². The number of nitrogens with zero attached hydrogens (tertiary/aromatic N) is 1. The fraction of sp³-hybridized carbons (Fsp3) is 0.438. The first kappa shape index (κ1) is 16.8. The SMILES string of the molecule is COC(=O)c1ccccc1NC(=O)C1CCN(C(=O)OC)CC1. The Hall–Kier alpha value is -2.57. The number of hydrogen-bond acceptors (Lipinski definition) is 5. The smallest absolute Gasteiger partial charge is 0.409 e. The number of rotatable bonds is 3. The number of carbonyl (C=O) groups excluding carboxylic acids is 3. The van der Waals surface area contributed by atoms with Crippen LogP contribution in [0.15, 0.2) is 24.3 Å². The molecule has 0 spiro atoms. The van der Waals surface area contributed by atoms with Gasteiger partial charge in [0.1, 0.15) is 0 Å². The van der Waals surface area contributed by atoms with E-state index in [2.05, 4.69) is 10.1 Å². The van der Waals surface area contributed by atoms with Crippen molar-refractivity contribution >= 4 is 23.7 Å². The molecule has 0 aliphatic carbocycles. The van der Waals surface area contributed by atoms with E-state index in [9.17, 15) is 14.4 Å². The van der Waals surface area contributed by atoms with Crippen LogP contribution in [-0.4, -0.2) is 50.2 Å². The van der Waals surface area contributed by atoms with E-state index in [-0.39, 0.29) is 17.9 Å². The Morgan fingerprint density at radius 2 is 1.74 bits per heavy atom. The Kier molecular flexibility index (Phi) is 5.56. The summed E-state index contributed by atoms with van der Waals surface area (Å²) < 4.78 is 9.38. The Balaban J connectivity index is 1.99. The third-order valence-corrected chi connectivity index (χ3v) is 3.89. The van der Waals surface area contributed by atoms with Crippen molar-refractivity contribution < 1.29 is 23.9 Å². The van der Waals surface area contributed by atoms with Crippen molar-refractivity contribution in [3.63, 3.8) is 0 Å². The van der Waals surface area contributed by atoms with E-state index in [1.807, 2.05) is 0 Å². The number of piperidine rings is 1. The van der Waals surface area contributed by atoms with E-state index in [1.165, 1.54) is 14.2 Å². The van der Waals surface area contributed by atoms with E-state index >= 15 is 0 Å². The van der Waals surface area contributed by atoms with Crippen molar-refractivity contribution in [1.29, 1.82) is 0 Å². The van der Waals surface area contributed by atoms with Crippen LogP contribution >= 0.6 is 0 Å². The molecule has 2 amide bonds. The Morgan fingerprint density at radius 1 is 1.09 bits per heavy atom. The van der Waals surface area contributed by atoms with Gasteiger partial charge in [-0.3, -0.25) is 4.79 Å². The van der Waals surface area contributed by atoms with Crippen molar-refractivity contribution in [3.8, 4) is 0 Å². The maximum Gasteiger partial charge on any atom is 0.409 e. The van der Waals surface area contributed by atoms with Gasteiger partial charge in [0, 0.05) is 19.0 Å². The average molecular weight is 320 g/mol. The summed E-state index contributed by atoms with van der Waals surface area (Å²) in [5.74, 6) is -0.867. The first-order chi connectivity index (χ1) is 11.1. The fourth-order valence-electron chi connectivity index (χ4n) is 2.57. The van der Waals surface area contributed by atoms with Gasteiger partial charge in [-0.25, -0.2) is 9.59 Å². The van der Waals surface area contributed by atoms with Gasteiger partial charge in [0.05, 0.1) is 25.5 Å². The molecule has 1 heterocycles. The molecule has 0 saturated carbocycles. The molecule has 1 fully saturated rings. The summed E-state index contributed by atoms with van der Waals surface area (Å²) in [6.07, 6.45) is 0.739. The molecule has 124 valence electrons. The molecule has 1 aromatic rings. The van der Waals surface area contributed by atoms with Crippen LogP contribution in [0, 0.1) is 5.92 Å². The minimum Gasteiger partial charge on any atom is -0.465 e. The normalized spacial score (nSPS) is 15.0. The lowest BCUT2D eigenvalue weighted by atomic mass is 9.96. The first-order valence-electron chi connectivity index (χ1n) is 7.38. The van der Waals surface area contributed by atoms with E-state index in [1.54, 1.807) is 29.2 Å². The van der Waals surface area contributed by atoms with Gasteiger partial charge in [-0.1, -0.05) is 12.1 Å². The van der Waals surface area contributed by atoms with Gasteiger partial charge in [-0.2, -0.15) is 0 Å². The lowest BCUT2D eigenvalue weighted by Crippen LogP contribution is -2.41. The number of ether oxygens (including phenoxy) is 2. The molecule has 0 bridgehead atoms. The molecule has 7 heteroatoms. The van der Waals surface area contributed by atoms with E-state index < -0.39 is 5.97 Å². The van der Waals surface area contributed by atoms with Gasteiger partial charge < -0.3 is 19.7 Å². The van der Waals surface area contributed by atoms with Crippen LogP contribution in [0.1, 0.15) is 23.2 Å². The van der Waals surface area contributed by atoms with E-state index in [0.717, 1.165) is 0 Å². The molecule has 1 saturated heterocycles. The predicted octanol–water partition coefficient (Wildman–Crippen LogP) is 1.89. The zero-order chi connectivity index (χ0) is 16.8. The number of likely N-dealkylation sites (tertiary alicyclic amines) is 1. The number of methoxy groups -OCH3 is 2. The molecule has 2 rings (SSSR count). The number of para-hydroxylation sites is 1. The number of hydrogen-bond donors (Lipinski definition) is 1. The summed E-state index contributed by atoms with van der Waals surface area (Å²) in [4.78, 5) is 37.1. The van der Waals surface area contributed by atoms with Crippen LogP contribution < -0.4 is 5.32 Å². The zero-order valence-corrected chi connectivity index (χ0v) is 13.2. The molecule has 1 aliphatic rings. The second-order valence-corrected chi connectivity index (χ2v) is 5.26. The van der Waals surface area contributed by atoms with Crippen molar-refractivity contribution in [2.24, 2.45) is 5.92 Å². The Bertz CT molecular complexity index is 594. The number of carbonyl (C=O) groups is 3. The molecule has 0 radical (unpaired) electrons. The highest BCUT2D eigenvalue weighted by atomic mass is 16.5. The van der Waals surface area contributed by atoms with Gasteiger partial charge in [-0.15, -0.1) is 0 Å². The molecule has 7 nitrogen and oxygen atoms in total. The summed E-state index contributed by atoms with van der Waals surface area (Å²) in [7, 11) is 2.63.